The van der Waals surface area contributed by atoms with Crippen LogP contribution in [0.2, 0.25) is 0 Å². The minimum absolute atomic E-state index is 0.0550. The molecule has 0 aromatic carbocycles. The van der Waals surface area contributed by atoms with Crippen LogP contribution in [0.15, 0.2) is 24.5 Å². The molecule has 0 amide bonds. The van der Waals surface area contributed by atoms with Crippen molar-refractivity contribution in [3.8, 4) is 0 Å². The highest BCUT2D eigenvalue weighted by molar-refractivity contribution is 5.67. The highest BCUT2D eigenvalue weighted by Crippen LogP contribution is 2.16. The number of carboxylic acid groups (broad SMARTS) is 1. The third-order valence-corrected chi connectivity index (χ3v) is 3.38. The molecular weight excluding hydrogens is 230 g/mol. The number of carbonyl (C=O) groups is 1. The van der Waals surface area contributed by atoms with Gasteiger partial charge in [0.2, 0.25) is 0 Å². The summed E-state index contributed by atoms with van der Waals surface area (Å²) in [7, 11) is 0. The standard InChI is InChI=1S/C13H19N3O2/c1-10-7-15-8-12(6-13(17)18)16(10)9-11-2-4-14-5-3-11/h2-5,10,12,15H,6-9H2,1H3,(H,17,18). The number of rotatable bonds is 4. The van der Waals surface area contributed by atoms with Gasteiger partial charge in [0.25, 0.3) is 0 Å². The van der Waals surface area contributed by atoms with Gasteiger partial charge in [-0.25, -0.2) is 0 Å². The zero-order valence-electron chi connectivity index (χ0n) is 10.5. The third kappa shape index (κ3) is 3.27. The van der Waals surface area contributed by atoms with Crippen LogP contribution in [-0.4, -0.2) is 46.1 Å². The van der Waals surface area contributed by atoms with Crippen molar-refractivity contribution in [3.63, 3.8) is 0 Å². The highest BCUT2D eigenvalue weighted by Gasteiger charge is 2.29. The number of carboxylic acids is 1. The second-order valence-electron chi connectivity index (χ2n) is 4.79. The summed E-state index contributed by atoms with van der Waals surface area (Å²) in [5.41, 5.74) is 1.18. The van der Waals surface area contributed by atoms with Crippen LogP contribution in [0.25, 0.3) is 0 Å². The van der Waals surface area contributed by atoms with E-state index >= 15 is 0 Å². The van der Waals surface area contributed by atoms with E-state index in [1.807, 2.05) is 12.1 Å². The largest absolute Gasteiger partial charge is 0.481 e. The van der Waals surface area contributed by atoms with Crippen molar-refractivity contribution in [3.05, 3.63) is 30.1 Å². The number of hydrogen-bond donors (Lipinski definition) is 2. The summed E-state index contributed by atoms with van der Waals surface area (Å²) >= 11 is 0. The predicted octanol–water partition coefficient (Wildman–Crippen LogP) is 0.719. The molecule has 98 valence electrons. The van der Waals surface area contributed by atoms with Crippen LogP contribution in [0.3, 0.4) is 0 Å². The van der Waals surface area contributed by atoms with E-state index in [0.29, 0.717) is 6.04 Å². The van der Waals surface area contributed by atoms with Crippen LogP contribution in [0.4, 0.5) is 0 Å². The average Bonchev–Trinajstić information content (AvgIpc) is 2.34. The Morgan fingerprint density at radius 2 is 2.22 bits per heavy atom. The Morgan fingerprint density at radius 1 is 1.50 bits per heavy atom. The molecule has 0 saturated carbocycles. The van der Waals surface area contributed by atoms with Gasteiger partial charge in [0, 0.05) is 44.1 Å². The lowest BCUT2D eigenvalue weighted by molar-refractivity contribution is -0.139. The summed E-state index contributed by atoms with van der Waals surface area (Å²) in [5, 5.41) is 12.3. The van der Waals surface area contributed by atoms with Gasteiger partial charge >= 0.3 is 5.97 Å². The molecule has 0 radical (unpaired) electrons. The van der Waals surface area contributed by atoms with E-state index in [1.54, 1.807) is 12.4 Å². The lowest BCUT2D eigenvalue weighted by Crippen LogP contribution is -2.56. The van der Waals surface area contributed by atoms with Gasteiger partial charge in [-0.3, -0.25) is 14.7 Å². The topological polar surface area (TPSA) is 65.5 Å². The Kier molecular flexibility index (Phi) is 4.28. The molecule has 2 atom stereocenters. The Balaban J connectivity index is 2.07. The molecule has 1 aromatic rings. The molecule has 1 saturated heterocycles. The SMILES string of the molecule is CC1CNCC(CC(=O)O)N1Cc1ccncc1. The lowest BCUT2D eigenvalue weighted by Gasteiger charge is -2.40. The Morgan fingerprint density at radius 3 is 2.89 bits per heavy atom. The van der Waals surface area contributed by atoms with Crippen LogP contribution in [0.1, 0.15) is 18.9 Å². The van der Waals surface area contributed by atoms with Gasteiger partial charge in [-0.1, -0.05) is 0 Å². The second kappa shape index (κ2) is 5.93. The van der Waals surface area contributed by atoms with Gasteiger partial charge in [0.15, 0.2) is 0 Å². The molecule has 1 aliphatic heterocycles. The van der Waals surface area contributed by atoms with Gasteiger partial charge in [0.1, 0.15) is 0 Å². The van der Waals surface area contributed by atoms with Crippen molar-refractivity contribution >= 4 is 5.97 Å². The van der Waals surface area contributed by atoms with Crippen molar-refractivity contribution in [2.75, 3.05) is 13.1 Å². The predicted molar refractivity (Wildman–Crippen MR) is 68.2 cm³/mol. The minimum Gasteiger partial charge on any atom is -0.481 e. The summed E-state index contributed by atoms with van der Waals surface area (Å²) in [6.45, 7) is 4.55. The van der Waals surface area contributed by atoms with Crippen molar-refractivity contribution in [2.45, 2.75) is 32.0 Å². The molecule has 0 bridgehead atoms. The maximum absolute atomic E-state index is 10.9. The van der Waals surface area contributed by atoms with Crippen LogP contribution >= 0.6 is 0 Å². The first kappa shape index (κ1) is 13.0. The number of aliphatic carboxylic acids is 1. The molecule has 0 aliphatic carbocycles. The zero-order valence-corrected chi connectivity index (χ0v) is 10.5. The van der Waals surface area contributed by atoms with Crippen molar-refractivity contribution in [1.29, 1.82) is 0 Å². The van der Waals surface area contributed by atoms with E-state index in [-0.39, 0.29) is 12.5 Å². The quantitative estimate of drug-likeness (QED) is 0.823. The van der Waals surface area contributed by atoms with Crippen molar-refractivity contribution < 1.29 is 9.90 Å². The molecule has 0 spiro atoms. The summed E-state index contributed by atoms with van der Waals surface area (Å²) in [4.78, 5) is 17.2. The average molecular weight is 249 g/mol. The fourth-order valence-corrected chi connectivity index (χ4v) is 2.43. The second-order valence-corrected chi connectivity index (χ2v) is 4.79. The molecule has 5 nitrogen and oxygen atoms in total. The van der Waals surface area contributed by atoms with E-state index in [2.05, 4.69) is 22.1 Å². The normalized spacial score (nSPS) is 24.9. The van der Waals surface area contributed by atoms with Gasteiger partial charge in [-0.2, -0.15) is 0 Å². The maximum atomic E-state index is 10.9. The van der Waals surface area contributed by atoms with E-state index in [0.717, 1.165) is 19.6 Å². The number of aromatic nitrogens is 1. The van der Waals surface area contributed by atoms with Crippen LogP contribution in [-0.2, 0) is 11.3 Å². The molecule has 1 aromatic heterocycles. The lowest BCUT2D eigenvalue weighted by atomic mass is 10.0. The summed E-state index contributed by atoms with van der Waals surface area (Å²) < 4.78 is 0. The monoisotopic (exact) mass is 249 g/mol. The smallest absolute Gasteiger partial charge is 0.304 e. The van der Waals surface area contributed by atoms with Gasteiger partial charge < -0.3 is 10.4 Å². The minimum atomic E-state index is -0.740. The molecular formula is C13H19N3O2. The molecule has 18 heavy (non-hydrogen) atoms. The Labute approximate surface area is 107 Å². The number of piperazine rings is 1. The molecule has 2 unspecified atom stereocenters. The Hall–Kier alpha value is -1.46. The first-order chi connectivity index (χ1) is 8.66. The Bertz CT molecular complexity index is 396. The van der Waals surface area contributed by atoms with Gasteiger partial charge in [-0.15, -0.1) is 0 Å². The van der Waals surface area contributed by atoms with E-state index < -0.39 is 5.97 Å². The summed E-state index contributed by atoms with van der Waals surface area (Å²) in [6.07, 6.45) is 3.73. The van der Waals surface area contributed by atoms with Crippen molar-refractivity contribution in [1.82, 2.24) is 15.2 Å². The maximum Gasteiger partial charge on any atom is 0.304 e. The first-order valence-electron chi connectivity index (χ1n) is 6.24. The van der Waals surface area contributed by atoms with Gasteiger partial charge in [-0.05, 0) is 24.6 Å². The summed E-state index contributed by atoms with van der Waals surface area (Å²) in [5.74, 6) is -0.740. The third-order valence-electron chi connectivity index (χ3n) is 3.38. The first-order valence-corrected chi connectivity index (χ1v) is 6.24. The fraction of sp³-hybridized carbons (Fsp3) is 0.538. The number of hydrogen-bond acceptors (Lipinski definition) is 4. The zero-order chi connectivity index (χ0) is 13.0. The molecule has 2 N–H and O–H groups in total. The number of pyridine rings is 1. The van der Waals surface area contributed by atoms with E-state index in [9.17, 15) is 4.79 Å². The highest BCUT2D eigenvalue weighted by atomic mass is 16.4. The number of nitrogens with zero attached hydrogens (tertiary/aromatic N) is 2. The summed E-state index contributed by atoms with van der Waals surface area (Å²) in [6, 6.07) is 4.36. The van der Waals surface area contributed by atoms with Crippen LogP contribution in [0, 0.1) is 0 Å². The fourth-order valence-electron chi connectivity index (χ4n) is 2.43. The molecule has 2 heterocycles. The van der Waals surface area contributed by atoms with Gasteiger partial charge in [0.05, 0.1) is 6.42 Å². The molecule has 2 rings (SSSR count). The van der Waals surface area contributed by atoms with Crippen LogP contribution in [0.5, 0.6) is 0 Å². The molecule has 1 aliphatic rings. The van der Waals surface area contributed by atoms with Crippen molar-refractivity contribution in [2.24, 2.45) is 0 Å². The number of nitrogens with one attached hydrogen (secondary N) is 1. The molecule has 1 fully saturated rings. The van der Waals surface area contributed by atoms with E-state index in [4.69, 9.17) is 5.11 Å². The van der Waals surface area contributed by atoms with Crippen LogP contribution < -0.4 is 5.32 Å². The molecule has 5 heteroatoms. The van der Waals surface area contributed by atoms with E-state index in [1.165, 1.54) is 5.56 Å².